The fraction of sp³-hybridized carbons (Fsp3) is 0.600. The van der Waals surface area contributed by atoms with Crippen molar-refractivity contribution >= 4 is 0 Å². The van der Waals surface area contributed by atoms with E-state index in [9.17, 15) is 19.8 Å². The van der Waals surface area contributed by atoms with Gasteiger partial charge in [0.25, 0.3) is 5.56 Å². The monoisotopic (exact) mass is 258 g/mol. The molecule has 1 aliphatic heterocycles. The Morgan fingerprint density at radius 2 is 2.00 bits per heavy atom. The van der Waals surface area contributed by atoms with Gasteiger partial charge in [0.05, 0.1) is 6.61 Å². The Morgan fingerprint density at radius 3 is 2.56 bits per heavy atom. The molecule has 0 spiro atoms. The van der Waals surface area contributed by atoms with Crippen molar-refractivity contribution < 1.29 is 20.1 Å². The van der Waals surface area contributed by atoms with Gasteiger partial charge in [-0.3, -0.25) is 13.9 Å². The molecule has 0 amide bonds. The van der Waals surface area contributed by atoms with Gasteiger partial charge in [0.15, 0.2) is 6.23 Å². The highest BCUT2D eigenvalue weighted by Gasteiger charge is 2.43. The van der Waals surface area contributed by atoms with Crippen LogP contribution in [-0.2, 0) is 11.8 Å². The first-order chi connectivity index (χ1) is 8.47. The number of ether oxygens (including phenoxy) is 1. The van der Waals surface area contributed by atoms with Crippen molar-refractivity contribution in [3.8, 4) is 0 Å². The summed E-state index contributed by atoms with van der Waals surface area (Å²) in [5.41, 5.74) is -1.15. The molecular weight excluding hydrogens is 244 g/mol. The predicted octanol–water partition coefficient (Wildman–Crippen LogP) is -2.84. The zero-order valence-corrected chi connectivity index (χ0v) is 9.63. The summed E-state index contributed by atoms with van der Waals surface area (Å²) < 4.78 is 7.06. The SMILES string of the molecule is Cn1c(=O)ccn([C@@H]2O[C@H](CO)C(O)[C@@H]2O)c1=O. The van der Waals surface area contributed by atoms with E-state index in [1.54, 1.807) is 0 Å². The van der Waals surface area contributed by atoms with E-state index in [1.165, 1.54) is 13.2 Å². The first-order valence-corrected chi connectivity index (χ1v) is 5.38. The van der Waals surface area contributed by atoms with Gasteiger partial charge in [-0.2, -0.15) is 0 Å². The van der Waals surface area contributed by atoms with Crippen LogP contribution in [0.5, 0.6) is 0 Å². The molecule has 8 heteroatoms. The van der Waals surface area contributed by atoms with Gasteiger partial charge in [-0.15, -0.1) is 0 Å². The summed E-state index contributed by atoms with van der Waals surface area (Å²) in [4.78, 5) is 23.0. The Kier molecular flexibility index (Phi) is 3.35. The third kappa shape index (κ3) is 1.89. The zero-order chi connectivity index (χ0) is 13.4. The van der Waals surface area contributed by atoms with E-state index in [1.807, 2.05) is 0 Å². The lowest BCUT2D eigenvalue weighted by atomic mass is 10.1. The Morgan fingerprint density at radius 1 is 1.33 bits per heavy atom. The van der Waals surface area contributed by atoms with Gasteiger partial charge >= 0.3 is 5.69 Å². The second-order valence-corrected chi connectivity index (χ2v) is 4.13. The van der Waals surface area contributed by atoms with E-state index in [2.05, 4.69) is 0 Å². The molecule has 1 saturated heterocycles. The van der Waals surface area contributed by atoms with Gasteiger partial charge in [0.1, 0.15) is 18.3 Å². The summed E-state index contributed by atoms with van der Waals surface area (Å²) in [7, 11) is 1.29. The number of hydrogen-bond acceptors (Lipinski definition) is 6. The number of hydrogen-bond donors (Lipinski definition) is 3. The van der Waals surface area contributed by atoms with Crippen LogP contribution in [0.25, 0.3) is 0 Å². The van der Waals surface area contributed by atoms with Gasteiger partial charge in [-0.1, -0.05) is 0 Å². The summed E-state index contributed by atoms with van der Waals surface area (Å²) in [6, 6.07) is 1.15. The van der Waals surface area contributed by atoms with Crippen molar-refractivity contribution in [2.45, 2.75) is 24.5 Å². The molecule has 100 valence electrons. The smallest absolute Gasteiger partial charge is 0.332 e. The molecule has 0 bridgehead atoms. The Labute approximate surface area is 101 Å². The minimum atomic E-state index is -1.35. The van der Waals surface area contributed by atoms with Crippen LogP contribution in [0.2, 0.25) is 0 Å². The van der Waals surface area contributed by atoms with Crippen molar-refractivity contribution in [2.75, 3.05) is 6.61 Å². The van der Waals surface area contributed by atoms with E-state index in [0.29, 0.717) is 0 Å². The summed E-state index contributed by atoms with van der Waals surface area (Å²) in [5, 5.41) is 28.3. The Hall–Kier alpha value is -1.48. The minimum absolute atomic E-state index is 0.477. The summed E-state index contributed by atoms with van der Waals surface area (Å²) in [6.45, 7) is -0.477. The number of aromatic nitrogens is 2. The molecule has 1 unspecified atom stereocenters. The molecule has 1 aromatic rings. The molecule has 0 aliphatic carbocycles. The quantitative estimate of drug-likeness (QED) is 0.526. The lowest BCUT2D eigenvalue weighted by Crippen LogP contribution is -2.41. The average molecular weight is 258 g/mol. The fourth-order valence-electron chi connectivity index (χ4n) is 1.89. The van der Waals surface area contributed by atoms with E-state index in [-0.39, 0.29) is 0 Å². The van der Waals surface area contributed by atoms with Crippen LogP contribution in [0.15, 0.2) is 21.9 Å². The molecule has 18 heavy (non-hydrogen) atoms. The van der Waals surface area contributed by atoms with Gasteiger partial charge in [-0.05, 0) is 0 Å². The minimum Gasteiger partial charge on any atom is -0.394 e. The maximum Gasteiger partial charge on any atom is 0.332 e. The highest BCUT2D eigenvalue weighted by Crippen LogP contribution is 2.27. The first kappa shape index (κ1) is 13.0. The molecule has 1 fully saturated rings. The highest BCUT2D eigenvalue weighted by molar-refractivity contribution is 4.93. The molecule has 1 aromatic heterocycles. The van der Waals surface area contributed by atoms with Crippen LogP contribution in [0, 0.1) is 0 Å². The van der Waals surface area contributed by atoms with Crippen LogP contribution in [0.3, 0.4) is 0 Å². The molecular formula is C10H14N2O6. The summed E-state index contributed by atoms with van der Waals surface area (Å²) in [5.74, 6) is 0. The molecule has 0 radical (unpaired) electrons. The second kappa shape index (κ2) is 4.65. The standard InChI is InChI=1S/C10H14N2O6/c1-11-6(14)2-3-12(10(11)17)9-8(16)7(15)5(4-13)18-9/h2-3,5,7-9,13,15-16H,4H2,1H3/t5-,7?,8+,9-/m1/s1. The van der Waals surface area contributed by atoms with Crippen molar-refractivity contribution in [2.24, 2.45) is 7.05 Å². The molecule has 4 atom stereocenters. The third-order valence-electron chi connectivity index (χ3n) is 3.01. The first-order valence-electron chi connectivity index (χ1n) is 5.38. The zero-order valence-electron chi connectivity index (χ0n) is 9.63. The molecule has 3 N–H and O–H groups in total. The maximum atomic E-state index is 11.8. The van der Waals surface area contributed by atoms with Gasteiger partial charge in [0, 0.05) is 19.3 Å². The van der Waals surface area contributed by atoms with Gasteiger partial charge in [0.2, 0.25) is 0 Å². The van der Waals surface area contributed by atoms with E-state index < -0.39 is 42.4 Å². The summed E-state index contributed by atoms with van der Waals surface area (Å²) >= 11 is 0. The third-order valence-corrected chi connectivity index (χ3v) is 3.01. The Balaban J connectivity index is 2.42. The molecule has 2 rings (SSSR count). The van der Waals surface area contributed by atoms with Gasteiger partial charge < -0.3 is 20.1 Å². The van der Waals surface area contributed by atoms with Crippen LogP contribution < -0.4 is 11.2 Å². The predicted molar refractivity (Wildman–Crippen MR) is 59.0 cm³/mol. The van der Waals surface area contributed by atoms with Crippen molar-refractivity contribution in [3.63, 3.8) is 0 Å². The van der Waals surface area contributed by atoms with Crippen LogP contribution in [0.4, 0.5) is 0 Å². The molecule has 2 heterocycles. The summed E-state index contributed by atoms with van der Waals surface area (Å²) in [6.07, 6.45) is -3.54. The number of nitrogens with zero attached hydrogens (tertiary/aromatic N) is 2. The number of rotatable bonds is 2. The van der Waals surface area contributed by atoms with Crippen LogP contribution >= 0.6 is 0 Å². The number of aliphatic hydroxyl groups excluding tert-OH is 3. The van der Waals surface area contributed by atoms with Gasteiger partial charge in [-0.25, -0.2) is 4.79 Å². The molecule has 1 aliphatic rings. The topological polar surface area (TPSA) is 114 Å². The van der Waals surface area contributed by atoms with Crippen LogP contribution in [-0.4, -0.2) is 49.4 Å². The molecule has 8 nitrogen and oxygen atoms in total. The largest absolute Gasteiger partial charge is 0.394 e. The molecule has 0 aromatic carbocycles. The second-order valence-electron chi connectivity index (χ2n) is 4.13. The van der Waals surface area contributed by atoms with E-state index >= 15 is 0 Å². The normalized spacial score (nSPS) is 31.8. The lowest BCUT2D eigenvalue weighted by molar-refractivity contribution is -0.0555. The van der Waals surface area contributed by atoms with E-state index in [4.69, 9.17) is 9.84 Å². The van der Waals surface area contributed by atoms with Crippen LogP contribution in [0.1, 0.15) is 6.23 Å². The maximum absolute atomic E-state index is 11.8. The molecule has 0 saturated carbocycles. The van der Waals surface area contributed by atoms with Crippen molar-refractivity contribution in [1.82, 2.24) is 9.13 Å². The van der Waals surface area contributed by atoms with Crippen molar-refractivity contribution in [1.29, 1.82) is 0 Å². The average Bonchev–Trinajstić information content (AvgIpc) is 2.64. The van der Waals surface area contributed by atoms with Crippen molar-refractivity contribution in [3.05, 3.63) is 33.1 Å². The Bertz CT molecular complexity index is 550. The lowest BCUT2D eigenvalue weighted by Gasteiger charge is -2.17. The number of aliphatic hydroxyl groups is 3. The van der Waals surface area contributed by atoms with E-state index in [0.717, 1.165) is 15.2 Å². The fourth-order valence-corrected chi connectivity index (χ4v) is 1.89. The highest BCUT2D eigenvalue weighted by atomic mass is 16.6.